The topological polar surface area (TPSA) is 59.9 Å². The molecule has 0 heterocycles. The first-order valence-electron chi connectivity index (χ1n) is 10.7. The predicted molar refractivity (Wildman–Crippen MR) is 132 cm³/mol. The Labute approximate surface area is 193 Å². The number of rotatable bonds is 7. The summed E-state index contributed by atoms with van der Waals surface area (Å²) in [6.45, 7) is 4.40. The van der Waals surface area contributed by atoms with Crippen molar-refractivity contribution in [1.82, 2.24) is 5.43 Å². The van der Waals surface area contributed by atoms with Crippen LogP contribution < -0.4 is 14.9 Å². The van der Waals surface area contributed by atoms with Gasteiger partial charge in [-0.2, -0.15) is 5.10 Å². The molecule has 0 fully saturated rings. The minimum absolute atomic E-state index is 0.245. The summed E-state index contributed by atoms with van der Waals surface area (Å²) in [6, 6.07) is 25.5. The summed E-state index contributed by atoms with van der Waals surface area (Å²) in [5.74, 6) is 0.998. The van der Waals surface area contributed by atoms with E-state index < -0.39 is 0 Å². The van der Waals surface area contributed by atoms with Crippen LogP contribution in [0, 0.1) is 13.8 Å². The maximum Gasteiger partial charge on any atom is 0.272 e. The first-order valence-corrected chi connectivity index (χ1v) is 10.7. The Hall–Kier alpha value is -4.12. The summed E-state index contributed by atoms with van der Waals surface area (Å²) in [5, 5.41) is 6.09. The zero-order chi connectivity index (χ0) is 23.2. The zero-order valence-corrected chi connectivity index (χ0v) is 19.0. The average Bonchev–Trinajstić information content (AvgIpc) is 2.83. The lowest BCUT2D eigenvalue weighted by molar-refractivity contribution is 0.0956. The van der Waals surface area contributed by atoms with Crippen LogP contribution >= 0.6 is 0 Å². The number of nitrogens with one attached hydrogen (secondary N) is 1. The molecule has 4 rings (SSSR count). The van der Waals surface area contributed by atoms with E-state index in [0.29, 0.717) is 23.7 Å². The third kappa shape index (κ3) is 5.21. The van der Waals surface area contributed by atoms with E-state index in [0.717, 1.165) is 27.5 Å². The van der Waals surface area contributed by atoms with E-state index in [1.54, 1.807) is 13.3 Å². The molecule has 0 radical (unpaired) electrons. The Morgan fingerprint density at radius 1 is 0.939 bits per heavy atom. The van der Waals surface area contributed by atoms with E-state index >= 15 is 0 Å². The average molecular weight is 439 g/mol. The number of hydrogen-bond acceptors (Lipinski definition) is 4. The van der Waals surface area contributed by atoms with Crippen LogP contribution in [-0.2, 0) is 6.61 Å². The normalized spacial score (nSPS) is 11.0. The number of benzene rings is 4. The number of fused-ring (bicyclic) bond motifs is 1. The second kappa shape index (κ2) is 10.0. The van der Waals surface area contributed by atoms with E-state index in [2.05, 4.69) is 29.6 Å². The van der Waals surface area contributed by atoms with Crippen LogP contribution in [0.25, 0.3) is 10.8 Å². The van der Waals surface area contributed by atoms with Gasteiger partial charge in [0.25, 0.3) is 5.91 Å². The second-order valence-corrected chi connectivity index (χ2v) is 7.86. The Kier molecular flexibility index (Phi) is 6.69. The van der Waals surface area contributed by atoms with Gasteiger partial charge in [0, 0.05) is 0 Å². The molecule has 4 aromatic rings. The molecule has 33 heavy (non-hydrogen) atoms. The van der Waals surface area contributed by atoms with Crippen LogP contribution in [0.5, 0.6) is 11.5 Å². The van der Waals surface area contributed by atoms with Crippen molar-refractivity contribution in [3.8, 4) is 11.5 Å². The zero-order valence-electron chi connectivity index (χ0n) is 19.0. The van der Waals surface area contributed by atoms with Crippen molar-refractivity contribution in [3.05, 3.63) is 107 Å². The number of hydrogen-bond donors (Lipinski definition) is 1. The van der Waals surface area contributed by atoms with E-state index in [1.807, 2.05) is 73.7 Å². The lowest BCUT2D eigenvalue weighted by Crippen LogP contribution is -2.19. The molecule has 0 saturated carbocycles. The van der Waals surface area contributed by atoms with Gasteiger partial charge in [0.15, 0.2) is 11.5 Å². The van der Waals surface area contributed by atoms with Crippen molar-refractivity contribution >= 4 is 22.9 Å². The number of amides is 1. The molecule has 1 amide bonds. The van der Waals surface area contributed by atoms with Crippen LogP contribution in [0.15, 0.2) is 84.0 Å². The number of carbonyl (C=O) groups is 1. The maximum atomic E-state index is 12.9. The van der Waals surface area contributed by atoms with Gasteiger partial charge < -0.3 is 9.47 Å². The smallest absolute Gasteiger partial charge is 0.272 e. The molecule has 4 aromatic carbocycles. The van der Waals surface area contributed by atoms with Gasteiger partial charge >= 0.3 is 0 Å². The van der Waals surface area contributed by atoms with Gasteiger partial charge in [-0.15, -0.1) is 0 Å². The van der Waals surface area contributed by atoms with Crippen LogP contribution in [0.4, 0.5) is 0 Å². The van der Waals surface area contributed by atoms with Gasteiger partial charge in [0.05, 0.1) is 18.9 Å². The number of hydrazone groups is 1. The SMILES string of the molecule is COc1ccc(/C=N\NC(=O)c2c(C)ccc3ccccc23)cc1OCc1ccc(C)cc1. The molecular weight excluding hydrogens is 412 g/mol. The van der Waals surface area contributed by atoms with Gasteiger partial charge in [-0.25, -0.2) is 5.43 Å². The van der Waals surface area contributed by atoms with Gasteiger partial charge in [-0.05, 0) is 59.5 Å². The largest absolute Gasteiger partial charge is 0.493 e. The van der Waals surface area contributed by atoms with Crippen LogP contribution in [0.1, 0.15) is 32.6 Å². The molecule has 0 aliphatic heterocycles. The minimum atomic E-state index is -0.245. The molecule has 5 heteroatoms. The highest BCUT2D eigenvalue weighted by Gasteiger charge is 2.12. The van der Waals surface area contributed by atoms with Crippen molar-refractivity contribution in [3.63, 3.8) is 0 Å². The Morgan fingerprint density at radius 2 is 1.73 bits per heavy atom. The lowest BCUT2D eigenvalue weighted by Gasteiger charge is -2.12. The van der Waals surface area contributed by atoms with E-state index in [-0.39, 0.29) is 5.91 Å². The number of aryl methyl sites for hydroxylation is 2. The number of methoxy groups -OCH3 is 1. The molecule has 0 aliphatic carbocycles. The first kappa shape index (κ1) is 22.1. The van der Waals surface area contributed by atoms with Gasteiger partial charge in [0.2, 0.25) is 0 Å². The van der Waals surface area contributed by atoms with Crippen molar-refractivity contribution in [2.45, 2.75) is 20.5 Å². The van der Waals surface area contributed by atoms with Crippen LogP contribution in [-0.4, -0.2) is 19.2 Å². The summed E-state index contributed by atoms with van der Waals surface area (Å²) in [6.07, 6.45) is 1.59. The number of carbonyl (C=O) groups excluding carboxylic acids is 1. The van der Waals surface area contributed by atoms with Crippen molar-refractivity contribution in [1.29, 1.82) is 0 Å². The molecule has 5 nitrogen and oxygen atoms in total. The first-order chi connectivity index (χ1) is 16.0. The molecule has 0 aliphatic rings. The van der Waals surface area contributed by atoms with Gasteiger partial charge in [-0.3, -0.25) is 4.79 Å². The Balaban J connectivity index is 1.48. The highest BCUT2D eigenvalue weighted by Crippen LogP contribution is 2.28. The summed E-state index contributed by atoms with van der Waals surface area (Å²) in [5.41, 5.74) is 7.23. The third-order valence-electron chi connectivity index (χ3n) is 5.45. The molecule has 0 atom stereocenters. The summed E-state index contributed by atoms with van der Waals surface area (Å²) < 4.78 is 11.4. The number of nitrogens with zero attached hydrogens (tertiary/aromatic N) is 1. The second-order valence-electron chi connectivity index (χ2n) is 7.86. The Bertz CT molecular complexity index is 1310. The lowest BCUT2D eigenvalue weighted by atomic mass is 9.99. The van der Waals surface area contributed by atoms with Gasteiger partial charge in [-0.1, -0.05) is 66.2 Å². The van der Waals surface area contributed by atoms with Crippen molar-refractivity contribution in [2.24, 2.45) is 5.10 Å². The Morgan fingerprint density at radius 3 is 2.52 bits per heavy atom. The highest BCUT2D eigenvalue weighted by atomic mass is 16.5. The summed E-state index contributed by atoms with van der Waals surface area (Å²) >= 11 is 0. The molecule has 0 bridgehead atoms. The molecule has 0 spiro atoms. The fourth-order valence-corrected chi connectivity index (χ4v) is 3.64. The third-order valence-corrected chi connectivity index (χ3v) is 5.45. The van der Waals surface area contributed by atoms with E-state index in [4.69, 9.17) is 9.47 Å². The fourth-order valence-electron chi connectivity index (χ4n) is 3.64. The highest BCUT2D eigenvalue weighted by molar-refractivity contribution is 6.08. The molecule has 0 unspecified atom stereocenters. The molecule has 1 N–H and O–H groups in total. The van der Waals surface area contributed by atoms with Crippen LogP contribution in [0.2, 0.25) is 0 Å². The molecule has 166 valence electrons. The quantitative estimate of drug-likeness (QED) is 0.293. The van der Waals surface area contributed by atoms with Crippen molar-refractivity contribution in [2.75, 3.05) is 7.11 Å². The van der Waals surface area contributed by atoms with Crippen LogP contribution in [0.3, 0.4) is 0 Å². The minimum Gasteiger partial charge on any atom is -0.493 e. The standard InChI is InChI=1S/C28H26N2O3/c1-19-8-11-21(12-9-19)18-33-26-16-22(13-15-25(26)32-3)17-29-30-28(31)27-20(2)10-14-23-6-4-5-7-24(23)27/h4-17H,18H2,1-3H3,(H,30,31)/b29-17-. The number of ether oxygens (including phenoxy) is 2. The molecule has 0 aromatic heterocycles. The maximum absolute atomic E-state index is 12.9. The predicted octanol–water partition coefficient (Wildman–Crippen LogP) is 5.81. The molecular formula is C28H26N2O3. The summed E-state index contributed by atoms with van der Waals surface area (Å²) in [4.78, 5) is 12.9. The van der Waals surface area contributed by atoms with Gasteiger partial charge in [0.1, 0.15) is 6.61 Å². The van der Waals surface area contributed by atoms with E-state index in [9.17, 15) is 4.79 Å². The monoisotopic (exact) mass is 438 g/mol. The molecule has 0 saturated heterocycles. The van der Waals surface area contributed by atoms with Crippen molar-refractivity contribution < 1.29 is 14.3 Å². The van der Waals surface area contributed by atoms with E-state index in [1.165, 1.54) is 5.56 Å². The summed E-state index contributed by atoms with van der Waals surface area (Å²) in [7, 11) is 1.61. The fraction of sp³-hybridized carbons (Fsp3) is 0.143.